The summed E-state index contributed by atoms with van der Waals surface area (Å²) in [5.74, 6) is -1.09. The molecule has 0 aliphatic heterocycles. The standard InChI is InChI=1S/C21H15N3O4S2/c1-28-20(27)15-9-12(10-22-15)16-11-30-21(23-16)24-19(26)14-6-3-2-5-13(14)18(25)17-7-4-8-29-17/h2-11,22H,1H3,(H,23,24,26). The first kappa shape index (κ1) is 19.7. The predicted molar refractivity (Wildman–Crippen MR) is 115 cm³/mol. The summed E-state index contributed by atoms with van der Waals surface area (Å²) in [4.78, 5) is 44.9. The summed E-state index contributed by atoms with van der Waals surface area (Å²) < 4.78 is 4.68. The van der Waals surface area contributed by atoms with E-state index in [4.69, 9.17) is 0 Å². The first-order valence-corrected chi connectivity index (χ1v) is 10.5. The lowest BCUT2D eigenvalue weighted by molar-refractivity contribution is 0.0594. The third kappa shape index (κ3) is 3.93. The lowest BCUT2D eigenvalue weighted by Crippen LogP contribution is -2.16. The summed E-state index contributed by atoms with van der Waals surface area (Å²) >= 11 is 2.58. The van der Waals surface area contributed by atoms with Crippen molar-refractivity contribution in [3.63, 3.8) is 0 Å². The van der Waals surface area contributed by atoms with E-state index < -0.39 is 11.9 Å². The van der Waals surface area contributed by atoms with Gasteiger partial charge >= 0.3 is 5.97 Å². The number of methoxy groups -OCH3 is 1. The molecule has 1 aromatic carbocycles. The van der Waals surface area contributed by atoms with E-state index in [1.165, 1.54) is 29.8 Å². The number of carbonyl (C=O) groups is 3. The fraction of sp³-hybridized carbons (Fsp3) is 0.0476. The number of nitrogens with one attached hydrogen (secondary N) is 2. The van der Waals surface area contributed by atoms with Crippen LogP contribution in [0.2, 0.25) is 0 Å². The Morgan fingerprint density at radius 3 is 2.60 bits per heavy atom. The highest BCUT2D eigenvalue weighted by Gasteiger charge is 2.20. The zero-order chi connectivity index (χ0) is 21.1. The van der Waals surface area contributed by atoms with E-state index in [2.05, 4.69) is 20.0 Å². The van der Waals surface area contributed by atoms with Gasteiger partial charge in [-0.15, -0.1) is 22.7 Å². The van der Waals surface area contributed by atoms with Crippen LogP contribution >= 0.6 is 22.7 Å². The molecule has 0 aliphatic rings. The van der Waals surface area contributed by atoms with Crippen molar-refractivity contribution in [1.29, 1.82) is 0 Å². The van der Waals surface area contributed by atoms with E-state index in [-0.39, 0.29) is 11.3 Å². The molecule has 0 radical (unpaired) electrons. The molecule has 0 atom stereocenters. The van der Waals surface area contributed by atoms with Crippen LogP contribution in [0, 0.1) is 0 Å². The predicted octanol–water partition coefficient (Wildman–Crippen LogP) is 4.47. The average molecular weight is 438 g/mol. The van der Waals surface area contributed by atoms with Crippen molar-refractivity contribution < 1.29 is 19.1 Å². The number of esters is 1. The Morgan fingerprint density at radius 2 is 1.87 bits per heavy atom. The van der Waals surface area contributed by atoms with E-state index in [0.717, 1.165) is 0 Å². The number of carbonyl (C=O) groups excluding carboxylic acids is 3. The normalized spacial score (nSPS) is 10.6. The van der Waals surface area contributed by atoms with Gasteiger partial charge in [-0.3, -0.25) is 14.9 Å². The minimum atomic E-state index is -0.475. The van der Waals surface area contributed by atoms with Crippen LogP contribution in [0.15, 0.2) is 59.4 Å². The molecule has 4 rings (SSSR count). The van der Waals surface area contributed by atoms with Crippen molar-refractivity contribution in [1.82, 2.24) is 9.97 Å². The van der Waals surface area contributed by atoms with E-state index in [1.54, 1.807) is 54.0 Å². The van der Waals surface area contributed by atoms with Gasteiger partial charge in [0, 0.05) is 22.7 Å². The lowest BCUT2D eigenvalue weighted by atomic mass is 10.0. The highest BCUT2D eigenvalue weighted by atomic mass is 32.1. The number of thiazole rings is 1. The third-order valence-corrected chi connectivity index (χ3v) is 5.90. The molecule has 4 aromatic rings. The first-order chi connectivity index (χ1) is 14.6. The fourth-order valence-corrected chi connectivity index (χ4v) is 4.21. The zero-order valence-electron chi connectivity index (χ0n) is 15.7. The van der Waals surface area contributed by atoms with Gasteiger partial charge in [-0.1, -0.05) is 24.3 Å². The van der Waals surface area contributed by atoms with Crippen molar-refractivity contribution in [2.24, 2.45) is 0 Å². The number of hydrogen-bond acceptors (Lipinski definition) is 7. The van der Waals surface area contributed by atoms with Gasteiger partial charge in [0.15, 0.2) is 5.13 Å². The van der Waals surface area contributed by atoms with Gasteiger partial charge in [0.1, 0.15) is 5.69 Å². The number of ketones is 1. The maximum absolute atomic E-state index is 12.8. The Balaban J connectivity index is 1.54. The molecule has 2 N–H and O–H groups in total. The molecule has 30 heavy (non-hydrogen) atoms. The smallest absolute Gasteiger partial charge is 0.354 e. The summed E-state index contributed by atoms with van der Waals surface area (Å²) in [6.07, 6.45) is 1.64. The van der Waals surface area contributed by atoms with Crippen molar-refractivity contribution in [2.75, 3.05) is 12.4 Å². The van der Waals surface area contributed by atoms with Gasteiger partial charge in [-0.25, -0.2) is 9.78 Å². The Labute approximate surface area is 179 Å². The van der Waals surface area contributed by atoms with Gasteiger partial charge in [0.25, 0.3) is 5.91 Å². The Kier molecular flexibility index (Phi) is 5.55. The van der Waals surface area contributed by atoms with Gasteiger partial charge in [-0.05, 0) is 23.6 Å². The number of aromatic amines is 1. The van der Waals surface area contributed by atoms with Crippen LogP contribution in [-0.2, 0) is 4.74 Å². The van der Waals surface area contributed by atoms with Crippen LogP contribution in [0.5, 0.6) is 0 Å². The minimum Gasteiger partial charge on any atom is -0.464 e. The average Bonchev–Trinajstić information content (AvgIpc) is 3.54. The molecule has 0 aliphatic carbocycles. The van der Waals surface area contributed by atoms with E-state index >= 15 is 0 Å². The number of ether oxygens (including phenoxy) is 1. The van der Waals surface area contributed by atoms with Crippen LogP contribution in [0.1, 0.15) is 36.1 Å². The molecule has 0 bridgehead atoms. The van der Waals surface area contributed by atoms with Crippen molar-refractivity contribution in [2.45, 2.75) is 0 Å². The SMILES string of the molecule is COC(=O)c1cc(-c2csc(NC(=O)c3ccccc3C(=O)c3cccs3)n2)c[nH]1. The van der Waals surface area contributed by atoms with Crippen LogP contribution in [0.25, 0.3) is 11.3 Å². The molecule has 0 saturated heterocycles. The lowest BCUT2D eigenvalue weighted by Gasteiger charge is -2.07. The Bertz CT molecular complexity index is 1220. The molecular formula is C21H15N3O4S2. The van der Waals surface area contributed by atoms with Gasteiger partial charge in [0.05, 0.1) is 23.2 Å². The number of rotatable bonds is 6. The summed E-state index contributed by atoms with van der Waals surface area (Å²) in [5, 5.41) is 6.72. The molecule has 0 spiro atoms. The number of aromatic nitrogens is 2. The highest BCUT2D eigenvalue weighted by molar-refractivity contribution is 7.14. The second-order valence-corrected chi connectivity index (χ2v) is 7.94. The molecule has 3 heterocycles. The Hall–Kier alpha value is -3.56. The van der Waals surface area contributed by atoms with E-state index in [0.29, 0.717) is 32.5 Å². The fourth-order valence-electron chi connectivity index (χ4n) is 2.82. The summed E-state index contributed by atoms with van der Waals surface area (Å²) in [6, 6.07) is 11.8. The summed E-state index contributed by atoms with van der Waals surface area (Å²) in [5.41, 5.74) is 2.22. The number of H-pyrrole nitrogens is 1. The molecule has 1 amide bonds. The summed E-state index contributed by atoms with van der Waals surface area (Å²) in [7, 11) is 1.31. The first-order valence-electron chi connectivity index (χ1n) is 8.78. The molecule has 0 unspecified atom stereocenters. The molecule has 0 saturated carbocycles. The van der Waals surface area contributed by atoms with Crippen LogP contribution in [0.4, 0.5) is 5.13 Å². The molecule has 9 heteroatoms. The maximum atomic E-state index is 12.8. The van der Waals surface area contributed by atoms with Crippen LogP contribution < -0.4 is 5.32 Å². The molecule has 7 nitrogen and oxygen atoms in total. The third-order valence-electron chi connectivity index (χ3n) is 4.27. The zero-order valence-corrected chi connectivity index (χ0v) is 17.3. The Morgan fingerprint density at radius 1 is 1.07 bits per heavy atom. The number of hydrogen-bond donors (Lipinski definition) is 2. The topological polar surface area (TPSA) is 101 Å². The molecule has 0 fully saturated rings. The van der Waals surface area contributed by atoms with Gasteiger partial charge in [0.2, 0.25) is 5.78 Å². The minimum absolute atomic E-state index is 0.196. The highest BCUT2D eigenvalue weighted by Crippen LogP contribution is 2.26. The second kappa shape index (κ2) is 8.44. The van der Waals surface area contributed by atoms with Crippen molar-refractivity contribution >= 4 is 45.5 Å². The largest absolute Gasteiger partial charge is 0.464 e. The number of nitrogens with zero attached hydrogens (tertiary/aromatic N) is 1. The molecule has 150 valence electrons. The van der Waals surface area contributed by atoms with Crippen LogP contribution in [0.3, 0.4) is 0 Å². The van der Waals surface area contributed by atoms with Crippen molar-refractivity contribution in [3.8, 4) is 11.3 Å². The van der Waals surface area contributed by atoms with E-state index in [9.17, 15) is 14.4 Å². The quantitative estimate of drug-likeness (QED) is 0.342. The van der Waals surface area contributed by atoms with E-state index in [1.807, 2.05) is 5.38 Å². The number of amides is 1. The van der Waals surface area contributed by atoms with Crippen LogP contribution in [-0.4, -0.2) is 34.7 Å². The van der Waals surface area contributed by atoms with Gasteiger partial charge in [-0.2, -0.15) is 0 Å². The molecular weight excluding hydrogens is 422 g/mol. The van der Waals surface area contributed by atoms with Gasteiger partial charge < -0.3 is 9.72 Å². The number of anilines is 1. The monoisotopic (exact) mass is 437 g/mol. The maximum Gasteiger partial charge on any atom is 0.354 e. The van der Waals surface area contributed by atoms with Crippen molar-refractivity contribution in [3.05, 3.63) is 81.1 Å². The second-order valence-electron chi connectivity index (χ2n) is 6.14. The number of benzene rings is 1. The number of thiophene rings is 1. The molecule has 3 aromatic heterocycles. The summed E-state index contributed by atoms with van der Waals surface area (Å²) in [6.45, 7) is 0.